The highest BCUT2D eigenvalue weighted by atomic mass is 14.1. The maximum atomic E-state index is 4.00. The summed E-state index contributed by atoms with van der Waals surface area (Å²) in [5.74, 6) is 0. The molecule has 0 bridgehead atoms. The van der Waals surface area contributed by atoms with Gasteiger partial charge >= 0.3 is 0 Å². The summed E-state index contributed by atoms with van der Waals surface area (Å²) in [4.78, 5) is 0. The Morgan fingerprint density at radius 1 is 0.621 bits per heavy atom. The van der Waals surface area contributed by atoms with Gasteiger partial charge in [0, 0.05) is 0 Å². The Hall–Kier alpha value is -2.60. The van der Waals surface area contributed by atoms with Gasteiger partial charge in [-0.15, -0.1) is 0 Å². The lowest BCUT2D eigenvalue weighted by molar-refractivity contribution is 0.667. The third-order valence-corrected chi connectivity index (χ3v) is 5.20. The maximum absolute atomic E-state index is 4.00. The van der Waals surface area contributed by atoms with Gasteiger partial charge in [-0.3, -0.25) is 0 Å². The van der Waals surface area contributed by atoms with Crippen molar-refractivity contribution >= 4 is 5.57 Å². The number of unbranched alkanes of at least 4 members (excludes halogenated alkanes) is 3. The molecule has 3 rings (SSSR count). The summed E-state index contributed by atoms with van der Waals surface area (Å²) < 4.78 is 0. The van der Waals surface area contributed by atoms with Crippen molar-refractivity contribution in [2.45, 2.75) is 59.8 Å². The van der Waals surface area contributed by atoms with Gasteiger partial charge in [0.2, 0.25) is 0 Å². The number of aryl methyl sites for hydroxylation is 1. The molecule has 0 spiro atoms. The van der Waals surface area contributed by atoms with E-state index in [0.717, 1.165) is 5.57 Å². The zero-order valence-corrected chi connectivity index (χ0v) is 18.7. The Bertz CT molecular complexity index is 849. The molecular formula is C29H36. The molecule has 0 aromatic heterocycles. The Labute approximate surface area is 178 Å². The molecule has 0 heteroatoms. The second kappa shape index (κ2) is 12.1. The molecule has 3 aromatic rings. The van der Waals surface area contributed by atoms with Crippen LogP contribution in [0.5, 0.6) is 0 Å². The van der Waals surface area contributed by atoms with Gasteiger partial charge in [-0.25, -0.2) is 0 Å². The van der Waals surface area contributed by atoms with Crippen LogP contribution in [0.1, 0.15) is 64.5 Å². The van der Waals surface area contributed by atoms with E-state index in [2.05, 4.69) is 86.3 Å². The highest BCUT2D eigenvalue weighted by Gasteiger charge is 2.02. The fourth-order valence-corrected chi connectivity index (χ4v) is 3.42. The molecule has 0 radical (unpaired) electrons. The lowest BCUT2D eigenvalue weighted by Crippen LogP contribution is -1.87. The smallest absolute Gasteiger partial charge is 0.0184 e. The quantitative estimate of drug-likeness (QED) is 0.339. The van der Waals surface area contributed by atoms with E-state index in [4.69, 9.17) is 0 Å². The first-order valence-electron chi connectivity index (χ1n) is 11.1. The monoisotopic (exact) mass is 384 g/mol. The van der Waals surface area contributed by atoms with Crippen LogP contribution in [0, 0.1) is 0 Å². The van der Waals surface area contributed by atoms with E-state index >= 15 is 0 Å². The lowest BCUT2D eigenvalue weighted by Gasteiger charge is -2.08. The second-order valence-electron chi connectivity index (χ2n) is 7.44. The molecular weight excluding hydrogens is 348 g/mol. The normalized spacial score (nSPS) is 10.2. The molecule has 0 saturated heterocycles. The minimum absolute atomic E-state index is 1.10. The fourth-order valence-electron chi connectivity index (χ4n) is 3.42. The summed E-state index contributed by atoms with van der Waals surface area (Å²) in [5.41, 5.74) is 8.81. The number of hydrogen-bond donors (Lipinski definition) is 0. The van der Waals surface area contributed by atoms with Crippen molar-refractivity contribution in [3.8, 4) is 22.3 Å². The highest BCUT2D eigenvalue weighted by molar-refractivity contribution is 5.72. The van der Waals surface area contributed by atoms with E-state index in [1.54, 1.807) is 0 Å². The minimum Gasteiger partial charge on any atom is -0.0955 e. The van der Waals surface area contributed by atoms with Crippen LogP contribution < -0.4 is 0 Å². The van der Waals surface area contributed by atoms with Crippen molar-refractivity contribution in [1.82, 2.24) is 0 Å². The van der Waals surface area contributed by atoms with Crippen molar-refractivity contribution in [3.63, 3.8) is 0 Å². The summed E-state index contributed by atoms with van der Waals surface area (Å²) in [6, 6.07) is 26.6. The summed E-state index contributed by atoms with van der Waals surface area (Å²) in [5, 5.41) is 0. The van der Waals surface area contributed by atoms with Crippen LogP contribution in [0.25, 0.3) is 27.8 Å². The second-order valence-corrected chi connectivity index (χ2v) is 7.44. The van der Waals surface area contributed by atoms with E-state index in [9.17, 15) is 0 Å². The van der Waals surface area contributed by atoms with Gasteiger partial charge in [0.15, 0.2) is 0 Å². The Kier molecular flexibility index (Phi) is 9.44. The summed E-state index contributed by atoms with van der Waals surface area (Å²) in [7, 11) is 0. The molecule has 0 aliphatic heterocycles. The first-order chi connectivity index (χ1) is 14.2. The van der Waals surface area contributed by atoms with E-state index in [1.165, 1.54) is 65.5 Å². The maximum Gasteiger partial charge on any atom is -0.0184 e. The summed E-state index contributed by atoms with van der Waals surface area (Å²) >= 11 is 0. The molecule has 0 nitrogen and oxygen atoms in total. The molecule has 3 aromatic carbocycles. The molecule has 0 heterocycles. The van der Waals surface area contributed by atoms with E-state index in [1.807, 2.05) is 20.8 Å². The van der Waals surface area contributed by atoms with E-state index in [0.29, 0.717) is 0 Å². The van der Waals surface area contributed by atoms with Gasteiger partial charge in [0.1, 0.15) is 0 Å². The van der Waals surface area contributed by atoms with Gasteiger partial charge in [-0.05, 0) is 53.1 Å². The molecule has 0 amide bonds. The van der Waals surface area contributed by atoms with Crippen LogP contribution in [-0.4, -0.2) is 0 Å². The van der Waals surface area contributed by atoms with E-state index in [-0.39, 0.29) is 0 Å². The van der Waals surface area contributed by atoms with Crippen LogP contribution >= 0.6 is 0 Å². The molecule has 29 heavy (non-hydrogen) atoms. The SMILES string of the molecule is C=C(C)c1ccc(-c2ccc(-c3ccc(CCCCCC)cc3)cc2)cc1.CC. The number of hydrogen-bond acceptors (Lipinski definition) is 0. The predicted octanol–water partition coefficient (Wildman–Crippen LogP) is 9.20. The van der Waals surface area contributed by atoms with Crippen molar-refractivity contribution in [1.29, 1.82) is 0 Å². The van der Waals surface area contributed by atoms with Gasteiger partial charge in [-0.2, -0.15) is 0 Å². The standard InChI is InChI=1S/C27H30.C2H6/c1-4-5-6-7-8-22-9-11-24(12-10-22)26-17-19-27(20-18-26)25-15-13-23(14-16-25)21(2)3;1-2/h9-20H,2,4-8H2,1,3H3;1-2H3. The van der Waals surface area contributed by atoms with Crippen molar-refractivity contribution in [3.05, 3.63) is 90.5 Å². The van der Waals surface area contributed by atoms with Gasteiger partial charge < -0.3 is 0 Å². The van der Waals surface area contributed by atoms with Gasteiger partial charge in [0.25, 0.3) is 0 Å². The fraction of sp³-hybridized carbons (Fsp3) is 0.310. The van der Waals surface area contributed by atoms with Crippen LogP contribution in [-0.2, 0) is 6.42 Å². The first-order valence-corrected chi connectivity index (χ1v) is 11.1. The topological polar surface area (TPSA) is 0 Å². The molecule has 0 aliphatic rings. The third kappa shape index (κ3) is 6.75. The van der Waals surface area contributed by atoms with Crippen LogP contribution in [0.15, 0.2) is 79.4 Å². The summed E-state index contributed by atoms with van der Waals surface area (Å²) in [6.07, 6.45) is 6.48. The highest BCUT2D eigenvalue weighted by Crippen LogP contribution is 2.26. The zero-order chi connectivity index (χ0) is 21.1. The van der Waals surface area contributed by atoms with Crippen molar-refractivity contribution < 1.29 is 0 Å². The third-order valence-electron chi connectivity index (χ3n) is 5.20. The number of rotatable bonds is 8. The minimum atomic E-state index is 1.10. The molecule has 0 aliphatic carbocycles. The largest absolute Gasteiger partial charge is 0.0955 e. The molecule has 0 atom stereocenters. The van der Waals surface area contributed by atoms with Gasteiger partial charge in [0.05, 0.1) is 0 Å². The van der Waals surface area contributed by atoms with Gasteiger partial charge in [-0.1, -0.05) is 125 Å². The Morgan fingerprint density at radius 3 is 1.45 bits per heavy atom. The van der Waals surface area contributed by atoms with Crippen LogP contribution in [0.2, 0.25) is 0 Å². The molecule has 0 saturated carbocycles. The van der Waals surface area contributed by atoms with Crippen LogP contribution in [0.4, 0.5) is 0 Å². The average molecular weight is 385 g/mol. The van der Waals surface area contributed by atoms with Crippen molar-refractivity contribution in [2.75, 3.05) is 0 Å². The predicted molar refractivity (Wildman–Crippen MR) is 131 cm³/mol. The van der Waals surface area contributed by atoms with E-state index < -0.39 is 0 Å². The average Bonchev–Trinajstić information content (AvgIpc) is 2.79. The van der Waals surface area contributed by atoms with Crippen molar-refractivity contribution in [2.24, 2.45) is 0 Å². The zero-order valence-electron chi connectivity index (χ0n) is 18.7. The number of allylic oxidation sites excluding steroid dienone is 1. The first kappa shape index (κ1) is 22.7. The summed E-state index contributed by atoms with van der Waals surface area (Å²) in [6.45, 7) is 12.3. The Balaban J connectivity index is 0.00000145. The molecule has 0 N–H and O–H groups in total. The molecule has 152 valence electrons. The molecule has 0 fully saturated rings. The lowest BCUT2D eigenvalue weighted by atomic mass is 9.97. The van der Waals surface area contributed by atoms with Crippen LogP contribution in [0.3, 0.4) is 0 Å². The Morgan fingerprint density at radius 2 is 1.03 bits per heavy atom. The number of benzene rings is 3. The molecule has 0 unspecified atom stereocenters.